The molecule has 0 bridgehead atoms. The van der Waals surface area contributed by atoms with E-state index in [1.807, 2.05) is 0 Å². The Kier molecular flexibility index (Phi) is 3.05. The molecule has 0 aromatic rings. The van der Waals surface area contributed by atoms with Crippen LogP contribution in [0.15, 0.2) is 0 Å². The normalized spacial score (nSPS) is 18.3. The molecule has 60 valence electrons. The van der Waals surface area contributed by atoms with Crippen molar-refractivity contribution in [2.45, 2.75) is 32.6 Å². The van der Waals surface area contributed by atoms with Crippen molar-refractivity contribution in [1.29, 1.82) is 0 Å². The molecule has 1 fully saturated rings. The zero-order valence-electron chi connectivity index (χ0n) is 6.23. The van der Waals surface area contributed by atoms with E-state index in [0.29, 0.717) is 0 Å². The van der Waals surface area contributed by atoms with E-state index in [2.05, 4.69) is 6.92 Å². The van der Waals surface area contributed by atoms with Crippen molar-refractivity contribution in [3.05, 3.63) is 0 Å². The van der Waals surface area contributed by atoms with Crippen molar-refractivity contribution in [2.24, 2.45) is 5.92 Å². The second-order valence-corrected chi connectivity index (χ2v) is 2.87. The van der Waals surface area contributed by atoms with Crippen molar-refractivity contribution < 1.29 is 9.02 Å². The van der Waals surface area contributed by atoms with Gasteiger partial charge in [-0.05, 0) is 25.2 Å². The Morgan fingerprint density at radius 3 is 2.89 bits per heavy atom. The van der Waals surface area contributed by atoms with Crippen LogP contribution in [0, 0.1) is 5.92 Å². The van der Waals surface area contributed by atoms with E-state index in [9.17, 15) is 0 Å². The summed E-state index contributed by atoms with van der Waals surface area (Å²) >= 11 is 0. The van der Waals surface area contributed by atoms with Gasteiger partial charge in [-0.15, -0.1) is 0 Å². The topological polar surface area (TPSA) is 9.23 Å². The third-order valence-corrected chi connectivity index (χ3v) is 1.69. The van der Waals surface area contributed by atoms with Gasteiger partial charge in [-0.3, -0.25) is 0 Å². The highest BCUT2D eigenvalue weighted by atomic mass is 16.5. The van der Waals surface area contributed by atoms with Gasteiger partial charge in [0.05, 0.1) is 0 Å². The molecular weight excluding hydrogens is 112 g/mol. The summed E-state index contributed by atoms with van der Waals surface area (Å²) in [6, 6.07) is 0. The fourth-order valence-electron chi connectivity index (χ4n) is 0.781. The zero-order valence-corrected chi connectivity index (χ0v) is 6.23. The van der Waals surface area contributed by atoms with Crippen molar-refractivity contribution in [2.75, 3.05) is 13.2 Å². The van der Waals surface area contributed by atoms with Crippen LogP contribution in [0.3, 0.4) is 0 Å². The largest absolute Gasteiger partial charge is 0.381 e. The molecule has 0 aromatic carbocycles. The van der Waals surface area contributed by atoms with Crippen LogP contribution in [0.5, 0.6) is 0 Å². The van der Waals surface area contributed by atoms with Crippen LogP contribution in [0.4, 0.5) is 0 Å². The Balaban J connectivity index is -0.000000270. The van der Waals surface area contributed by atoms with Crippen molar-refractivity contribution in [3.63, 3.8) is 0 Å². The average molecular weight is 134 g/mol. The SMILES string of the molecule is CCCCOCC1CC1.[HH].[HH].[HH]. The van der Waals surface area contributed by atoms with Crippen molar-refractivity contribution in [3.8, 4) is 0 Å². The number of ether oxygens (including phenoxy) is 1. The maximum absolute atomic E-state index is 5.40. The molecule has 1 nitrogen and oxygen atoms in total. The third kappa shape index (κ3) is 3.52. The van der Waals surface area contributed by atoms with E-state index < -0.39 is 0 Å². The molecule has 0 heterocycles. The lowest BCUT2D eigenvalue weighted by Gasteiger charge is -1.99. The first-order valence-electron chi connectivity index (χ1n) is 4.01. The fourth-order valence-corrected chi connectivity index (χ4v) is 0.781. The van der Waals surface area contributed by atoms with Gasteiger partial charge in [0.25, 0.3) is 0 Å². The summed E-state index contributed by atoms with van der Waals surface area (Å²) in [5.74, 6) is 0.932. The predicted octanol–water partition coefficient (Wildman–Crippen LogP) is 2.95. The standard InChI is InChI=1S/C8H16O.3H2/c1-2-3-6-9-7-8-4-5-8;;;/h8H,2-7H2,1H3;3*1H. The molecule has 0 spiro atoms. The average Bonchev–Trinajstić information content (AvgIpc) is 2.63. The molecule has 9 heavy (non-hydrogen) atoms. The fraction of sp³-hybridized carbons (Fsp3) is 1.00. The molecular formula is C8H22O. The molecule has 1 aliphatic carbocycles. The lowest BCUT2D eigenvalue weighted by atomic mass is 10.4. The molecule has 0 amide bonds. The van der Waals surface area contributed by atoms with Gasteiger partial charge in [0.2, 0.25) is 0 Å². The molecule has 1 rings (SSSR count). The van der Waals surface area contributed by atoms with Crippen LogP contribution in [-0.2, 0) is 4.74 Å². The first-order chi connectivity index (χ1) is 4.43. The van der Waals surface area contributed by atoms with Gasteiger partial charge in [-0.1, -0.05) is 13.3 Å². The van der Waals surface area contributed by atoms with Crippen LogP contribution in [0.25, 0.3) is 0 Å². The van der Waals surface area contributed by atoms with Crippen LogP contribution < -0.4 is 0 Å². The summed E-state index contributed by atoms with van der Waals surface area (Å²) in [7, 11) is 0. The van der Waals surface area contributed by atoms with Gasteiger partial charge in [-0.25, -0.2) is 0 Å². The van der Waals surface area contributed by atoms with Crippen LogP contribution in [0.2, 0.25) is 0 Å². The number of rotatable bonds is 5. The first kappa shape index (κ1) is 7.07. The minimum Gasteiger partial charge on any atom is -0.381 e. The van der Waals surface area contributed by atoms with E-state index in [1.54, 1.807) is 0 Å². The Morgan fingerprint density at radius 2 is 2.33 bits per heavy atom. The van der Waals surface area contributed by atoms with Gasteiger partial charge >= 0.3 is 0 Å². The molecule has 0 atom stereocenters. The quantitative estimate of drug-likeness (QED) is 0.525. The molecule has 0 N–H and O–H groups in total. The van der Waals surface area contributed by atoms with Gasteiger partial charge in [0.15, 0.2) is 0 Å². The Labute approximate surface area is 61.9 Å². The van der Waals surface area contributed by atoms with Crippen LogP contribution in [0.1, 0.15) is 36.9 Å². The van der Waals surface area contributed by atoms with Crippen molar-refractivity contribution in [1.82, 2.24) is 0 Å². The van der Waals surface area contributed by atoms with E-state index in [0.717, 1.165) is 19.1 Å². The Bertz CT molecular complexity index is 76.7. The van der Waals surface area contributed by atoms with Gasteiger partial charge < -0.3 is 4.74 Å². The summed E-state index contributed by atoms with van der Waals surface area (Å²) in [5, 5.41) is 0. The summed E-state index contributed by atoms with van der Waals surface area (Å²) in [5.41, 5.74) is 0. The number of unbranched alkanes of at least 4 members (excludes halogenated alkanes) is 1. The van der Waals surface area contributed by atoms with Gasteiger partial charge in [0, 0.05) is 17.5 Å². The van der Waals surface area contributed by atoms with Crippen LogP contribution >= 0.6 is 0 Å². The molecule has 0 aromatic heterocycles. The summed E-state index contributed by atoms with van der Waals surface area (Å²) < 4.78 is 5.40. The minimum absolute atomic E-state index is 0. The summed E-state index contributed by atoms with van der Waals surface area (Å²) in [4.78, 5) is 0. The molecule has 0 radical (unpaired) electrons. The van der Waals surface area contributed by atoms with Crippen LogP contribution in [-0.4, -0.2) is 13.2 Å². The second-order valence-electron chi connectivity index (χ2n) is 2.87. The lowest BCUT2D eigenvalue weighted by molar-refractivity contribution is 0.121. The van der Waals surface area contributed by atoms with E-state index in [1.165, 1.54) is 25.7 Å². The van der Waals surface area contributed by atoms with Gasteiger partial charge in [0.1, 0.15) is 0 Å². The van der Waals surface area contributed by atoms with E-state index in [4.69, 9.17) is 4.74 Å². The summed E-state index contributed by atoms with van der Waals surface area (Å²) in [6.07, 6.45) is 5.30. The zero-order chi connectivity index (χ0) is 6.53. The smallest absolute Gasteiger partial charge is 0.0494 e. The molecule has 1 saturated carbocycles. The number of hydrogen-bond donors (Lipinski definition) is 0. The third-order valence-electron chi connectivity index (χ3n) is 1.69. The highest BCUT2D eigenvalue weighted by Crippen LogP contribution is 2.28. The predicted molar refractivity (Wildman–Crippen MR) is 44.8 cm³/mol. The molecule has 0 saturated heterocycles. The number of hydrogen-bond acceptors (Lipinski definition) is 1. The maximum Gasteiger partial charge on any atom is 0.0494 e. The molecule has 1 aliphatic rings. The molecule has 0 aliphatic heterocycles. The monoisotopic (exact) mass is 134 g/mol. The summed E-state index contributed by atoms with van der Waals surface area (Å²) in [6.45, 7) is 4.20. The maximum atomic E-state index is 5.40. The Morgan fingerprint density at radius 1 is 1.56 bits per heavy atom. The van der Waals surface area contributed by atoms with E-state index >= 15 is 0 Å². The highest BCUT2D eigenvalue weighted by Gasteiger charge is 2.20. The molecule has 1 heteroatoms. The minimum atomic E-state index is 0. The second kappa shape index (κ2) is 3.89. The van der Waals surface area contributed by atoms with E-state index in [-0.39, 0.29) is 4.28 Å². The van der Waals surface area contributed by atoms with Crippen molar-refractivity contribution >= 4 is 0 Å². The highest BCUT2D eigenvalue weighted by molar-refractivity contribution is 4.71. The first-order valence-corrected chi connectivity index (χ1v) is 4.01. The Hall–Kier alpha value is -0.0400. The lowest BCUT2D eigenvalue weighted by Crippen LogP contribution is -1.97. The van der Waals surface area contributed by atoms with Gasteiger partial charge in [-0.2, -0.15) is 0 Å². The molecule has 0 unspecified atom stereocenters.